The molecule has 0 fully saturated rings. The van der Waals surface area contributed by atoms with Crippen LogP contribution in [0.25, 0.3) is 0 Å². The second-order valence-electron chi connectivity index (χ2n) is 5.06. The van der Waals surface area contributed by atoms with Crippen LogP contribution in [0.5, 0.6) is 5.75 Å². The van der Waals surface area contributed by atoms with Crippen LogP contribution >= 0.6 is 23.2 Å². The van der Waals surface area contributed by atoms with Gasteiger partial charge in [0.2, 0.25) is 0 Å². The highest BCUT2D eigenvalue weighted by Gasteiger charge is 2.13. The maximum absolute atomic E-state index is 11.7. The van der Waals surface area contributed by atoms with Gasteiger partial charge in [-0.1, -0.05) is 30.1 Å². The Balaban J connectivity index is 2.76. The van der Waals surface area contributed by atoms with Crippen molar-refractivity contribution in [2.45, 2.75) is 39.8 Å². The van der Waals surface area contributed by atoms with Crippen molar-refractivity contribution >= 4 is 29.1 Å². The molecular weight excluding hydrogens is 311 g/mol. The first-order chi connectivity index (χ1) is 9.93. The minimum absolute atomic E-state index is 0.0691. The highest BCUT2D eigenvalue weighted by atomic mass is 35.5. The lowest BCUT2D eigenvalue weighted by Gasteiger charge is -2.15. The van der Waals surface area contributed by atoms with Crippen molar-refractivity contribution < 1.29 is 9.53 Å². The standard InChI is InChI=1S/C15H22Cl2N2O2/c1-4-5-18-8-11-6-12(16)7-13(17)15(11)21-9-14(20)19-10(2)3/h6-7,10,18H,4-5,8-9H2,1-3H3,(H,19,20). The molecule has 0 saturated carbocycles. The smallest absolute Gasteiger partial charge is 0.258 e. The van der Waals surface area contributed by atoms with Gasteiger partial charge in [0.25, 0.3) is 5.91 Å². The molecule has 4 nitrogen and oxygen atoms in total. The van der Waals surface area contributed by atoms with Crippen LogP contribution in [0.1, 0.15) is 32.8 Å². The van der Waals surface area contributed by atoms with Crippen LogP contribution in [0.4, 0.5) is 0 Å². The summed E-state index contributed by atoms with van der Waals surface area (Å²) in [6.07, 6.45) is 1.03. The first kappa shape index (κ1) is 18.1. The van der Waals surface area contributed by atoms with Crippen LogP contribution in [-0.2, 0) is 11.3 Å². The van der Waals surface area contributed by atoms with E-state index in [1.54, 1.807) is 12.1 Å². The van der Waals surface area contributed by atoms with Crippen LogP contribution in [0.3, 0.4) is 0 Å². The summed E-state index contributed by atoms with van der Waals surface area (Å²) in [5.74, 6) is 0.326. The largest absolute Gasteiger partial charge is 0.482 e. The number of benzene rings is 1. The number of carbonyl (C=O) groups excluding carboxylic acids is 1. The molecule has 1 amide bonds. The molecule has 0 aliphatic carbocycles. The lowest BCUT2D eigenvalue weighted by molar-refractivity contribution is -0.123. The Hall–Kier alpha value is -0.970. The van der Waals surface area contributed by atoms with Crippen LogP contribution in [0, 0.1) is 0 Å². The summed E-state index contributed by atoms with van der Waals surface area (Å²) in [5, 5.41) is 6.99. The van der Waals surface area contributed by atoms with Gasteiger partial charge in [0.1, 0.15) is 5.75 Å². The second kappa shape index (κ2) is 9.13. The molecule has 0 atom stereocenters. The van der Waals surface area contributed by atoms with Crippen molar-refractivity contribution in [3.05, 3.63) is 27.7 Å². The summed E-state index contributed by atoms with van der Waals surface area (Å²) < 4.78 is 5.57. The molecule has 118 valence electrons. The number of hydrogen-bond acceptors (Lipinski definition) is 3. The first-order valence-electron chi connectivity index (χ1n) is 7.04. The van der Waals surface area contributed by atoms with E-state index in [2.05, 4.69) is 17.6 Å². The highest BCUT2D eigenvalue weighted by molar-refractivity contribution is 6.35. The fourth-order valence-electron chi connectivity index (χ4n) is 1.81. The number of nitrogens with one attached hydrogen (secondary N) is 2. The predicted molar refractivity (Wildman–Crippen MR) is 87.2 cm³/mol. The Bertz CT molecular complexity index is 479. The molecule has 21 heavy (non-hydrogen) atoms. The SMILES string of the molecule is CCCNCc1cc(Cl)cc(Cl)c1OCC(=O)NC(C)C. The van der Waals surface area contributed by atoms with Crippen LogP contribution in [0.15, 0.2) is 12.1 Å². The van der Waals surface area contributed by atoms with Gasteiger partial charge in [-0.2, -0.15) is 0 Å². The Labute approximate surface area is 136 Å². The quantitative estimate of drug-likeness (QED) is 0.717. The van der Waals surface area contributed by atoms with Crippen molar-refractivity contribution in [3.8, 4) is 5.75 Å². The molecule has 0 bridgehead atoms. The average molecular weight is 333 g/mol. The lowest BCUT2D eigenvalue weighted by Crippen LogP contribution is -2.34. The molecule has 0 unspecified atom stereocenters. The van der Waals surface area contributed by atoms with E-state index in [0.29, 0.717) is 22.3 Å². The van der Waals surface area contributed by atoms with Gasteiger partial charge >= 0.3 is 0 Å². The Morgan fingerprint density at radius 1 is 1.33 bits per heavy atom. The van der Waals surface area contributed by atoms with E-state index < -0.39 is 0 Å². The highest BCUT2D eigenvalue weighted by Crippen LogP contribution is 2.32. The minimum Gasteiger partial charge on any atom is -0.482 e. The van der Waals surface area contributed by atoms with E-state index in [1.807, 2.05) is 13.8 Å². The number of carbonyl (C=O) groups is 1. The van der Waals surface area contributed by atoms with E-state index in [4.69, 9.17) is 27.9 Å². The van der Waals surface area contributed by atoms with Crippen molar-refractivity contribution in [2.24, 2.45) is 0 Å². The molecule has 0 heterocycles. The molecule has 6 heteroatoms. The van der Waals surface area contributed by atoms with Gasteiger partial charge in [0.15, 0.2) is 6.61 Å². The summed E-state index contributed by atoms with van der Waals surface area (Å²) in [5.41, 5.74) is 0.846. The number of amides is 1. The Kier molecular flexibility index (Phi) is 7.86. The zero-order valence-corrected chi connectivity index (χ0v) is 14.1. The van der Waals surface area contributed by atoms with Crippen LogP contribution < -0.4 is 15.4 Å². The van der Waals surface area contributed by atoms with Gasteiger partial charge in [0.05, 0.1) is 5.02 Å². The van der Waals surface area contributed by atoms with Gasteiger partial charge in [-0.15, -0.1) is 0 Å². The van der Waals surface area contributed by atoms with Gasteiger partial charge in [-0.05, 0) is 38.9 Å². The third kappa shape index (κ3) is 6.55. The van der Waals surface area contributed by atoms with E-state index >= 15 is 0 Å². The monoisotopic (exact) mass is 332 g/mol. The number of halogens is 2. The van der Waals surface area contributed by atoms with Gasteiger partial charge < -0.3 is 15.4 Å². The van der Waals surface area contributed by atoms with Gasteiger partial charge in [-0.3, -0.25) is 4.79 Å². The summed E-state index contributed by atoms with van der Waals surface area (Å²) >= 11 is 12.2. The maximum Gasteiger partial charge on any atom is 0.258 e. The molecule has 1 aromatic rings. The fourth-order valence-corrected chi connectivity index (χ4v) is 2.40. The van der Waals surface area contributed by atoms with E-state index in [0.717, 1.165) is 18.5 Å². The molecule has 1 aromatic carbocycles. The van der Waals surface area contributed by atoms with Crippen molar-refractivity contribution in [1.29, 1.82) is 0 Å². The normalized spacial score (nSPS) is 10.8. The maximum atomic E-state index is 11.7. The van der Waals surface area contributed by atoms with E-state index in [9.17, 15) is 4.79 Å². The molecule has 0 aromatic heterocycles. The van der Waals surface area contributed by atoms with Crippen LogP contribution in [-0.4, -0.2) is 25.1 Å². The summed E-state index contributed by atoms with van der Waals surface area (Å²) in [7, 11) is 0. The first-order valence-corrected chi connectivity index (χ1v) is 7.80. The predicted octanol–water partition coefficient (Wildman–Crippen LogP) is 3.40. The molecule has 1 rings (SSSR count). The summed E-state index contributed by atoms with van der Waals surface area (Å²) in [6, 6.07) is 3.49. The molecule has 0 saturated heterocycles. The third-order valence-electron chi connectivity index (χ3n) is 2.62. The summed E-state index contributed by atoms with van der Waals surface area (Å²) in [4.78, 5) is 11.7. The number of ether oxygens (including phenoxy) is 1. The molecular formula is C15H22Cl2N2O2. The zero-order chi connectivity index (χ0) is 15.8. The average Bonchev–Trinajstić information content (AvgIpc) is 2.36. The van der Waals surface area contributed by atoms with Crippen molar-refractivity contribution in [1.82, 2.24) is 10.6 Å². The van der Waals surface area contributed by atoms with Gasteiger partial charge in [-0.25, -0.2) is 0 Å². The van der Waals surface area contributed by atoms with Crippen molar-refractivity contribution in [3.63, 3.8) is 0 Å². The van der Waals surface area contributed by atoms with Gasteiger partial charge in [0, 0.05) is 23.2 Å². The molecule has 0 spiro atoms. The number of hydrogen-bond donors (Lipinski definition) is 2. The number of rotatable bonds is 8. The lowest BCUT2D eigenvalue weighted by atomic mass is 10.2. The fraction of sp³-hybridized carbons (Fsp3) is 0.533. The molecule has 0 radical (unpaired) electrons. The summed E-state index contributed by atoms with van der Waals surface area (Å²) in [6.45, 7) is 7.29. The zero-order valence-electron chi connectivity index (χ0n) is 12.6. The minimum atomic E-state index is -0.177. The molecule has 0 aliphatic rings. The Morgan fingerprint density at radius 3 is 2.67 bits per heavy atom. The Morgan fingerprint density at radius 2 is 2.05 bits per heavy atom. The third-order valence-corrected chi connectivity index (χ3v) is 3.12. The molecule has 2 N–H and O–H groups in total. The van der Waals surface area contributed by atoms with E-state index in [1.165, 1.54) is 0 Å². The topological polar surface area (TPSA) is 50.4 Å². The second-order valence-corrected chi connectivity index (χ2v) is 5.91. The van der Waals surface area contributed by atoms with Crippen molar-refractivity contribution in [2.75, 3.05) is 13.2 Å². The molecule has 0 aliphatic heterocycles. The van der Waals surface area contributed by atoms with Crippen LogP contribution in [0.2, 0.25) is 10.0 Å². The van der Waals surface area contributed by atoms with E-state index in [-0.39, 0.29) is 18.6 Å².